The van der Waals surface area contributed by atoms with Crippen LogP contribution in [0.3, 0.4) is 0 Å². The average Bonchev–Trinajstić information content (AvgIpc) is 2.84. The van der Waals surface area contributed by atoms with E-state index in [0.29, 0.717) is 12.2 Å². The number of hydrogen-bond donors (Lipinski definition) is 2. The lowest BCUT2D eigenvalue weighted by molar-refractivity contribution is 0.0943. The zero-order valence-electron chi connectivity index (χ0n) is 8.28. The molecule has 0 atom stereocenters. The summed E-state index contributed by atoms with van der Waals surface area (Å²) in [7, 11) is 0. The molecule has 2 rings (SSSR count). The lowest BCUT2D eigenvalue weighted by Gasteiger charge is -1.99. The number of aromatic nitrogens is 2. The van der Waals surface area contributed by atoms with Crippen LogP contribution in [0.1, 0.15) is 22.1 Å². The monoisotopic (exact) mass is 205 g/mol. The molecule has 0 bridgehead atoms. The second-order valence-corrected chi connectivity index (χ2v) is 3.14. The van der Waals surface area contributed by atoms with Gasteiger partial charge in [0.1, 0.15) is 17.3 Å². The van der Waals surface area contributed by atoms with E-state index in [9.17, 15) is 4.79 Å². The molecule has 0 unspecified atom stereocenters. The number of H-pyrrole nitrogens is 1. The highest BCUT2D eigenvalue weighted by molar-refractivity contribution is 5.91. The molecule has 78 valence electrons. The number of nitrogens with zero attached hydrogens (tertiary/aromatic N) is 1. The van der Waals surface area contributed by atoms with E-state index in [2.05, 4.69) is 15.3 Å². The van der Waals surface area contributed by atoms with Crippen LogP contribution < -0.4 is 5.32 Å². The SMILES string of the molecule is Cc1ncc(C(=O)NCc2ccco2)[nH]1. The highest BCUT2D eigenvalue weighted by Crippen LogP contribution is 2.00. The molecule has 2 N–H and O–H groups in total. The summed E-state index contributed by atoms with van der Waals surface area (Å²) in [4.78, 5) is 18.3. The molecule has 2 aromatic heterocycles. The molecule has 0 saturated carbocycles. The topological polar surface area (TPSA) is 70.9 Å². The predicted octanol–water partition coefficient (Wildman–Crippen LogP) is 1.24. The Bertz CT molecular complexity index is 445. The number of aromatic amines is 1. The summed E-state index contributed by atoms with van der Waals surface area (Å²) in [5.41, 5.74) is 0.457. The highest BCUT2D eigenvalue weighted by Gasteiger charge is 2.07. The van der Waals surface area contributed by atoms with E-state index in [4.69, 9.17) is 4.42 Å². The van der Waals surface area contributed by atoms with Crippen LogP contribution in [0.25, 0.3) is 0 Å². The van der Waals surface area contributed by atoms with Crippen molar-refractivity contribution in [2.75, 3.05) is 0 Å². The second kappa shape index (κ2) is 4.00. The Morgan fingerprint density at radius 1 is 1.67 bits per heavy atom. The Kier molecular flexibility index (Phi) is 2.53. The molecule has 0 aliphatic rings. The van der Waals surface area contributed by atoms with Crippen molar-refractivity contribution in [2.24, 2.45) is 0 Å². The van der Waals surface area contributed by atoms with E-state index in [1.807, 2.05) is 0 Å². The van der Waals surface area contributed by atoms with E-state index >= 15 is 0 Å². The van der Waals surface area contributed by atoms with Crippen LogP contribution in [0.15, 0.2) is 29.0 Å². The average molecular weight is 205 g/mol. The molecule has 2 heterocycles. The zero-order chi connectivity index (χ0) is 10.7. The summed E-state index contributed by atoms with van der Waals surface area (Å²) in [5, 5.41) is 2.71. The standard InChI is InChI=1S/C10H11N3O2/c1-7-11-6-9(13-7)10(14)12-5-8-3-2-4-15-8/h2-4,6H,5H2,1H3,(H,11,13)(H,12,14). The van der Waals surface area contributed by atoms with Crippen molar-refractivity contribution in [1.29, 1.82) is 0 Å². The van der Waals surface area contributed by atoms with Crippen LogP contribution >= 0.6 is 0 Å². The number of nitrogens with one attached hydrogen (secondary N) is 2. The third-order valence-electron chi connectivity index (χ3n) is 1.95. The van der Waals surface area contributed by atoms with Crippen LogP contribution in [0.5, 0.6) is 0 Å². The molecule has 0 aliphatic heterocycles. The second-order valence-electron chi connectivity index (χ2n) is 3.14. The number of carbonyl (C=O) groups is 1. The maximum atomic E-state index is 11.5. The van der Waals surface area contributed by atoms with Gasteiger partial charge in [0, 0.05) is 0 Å². The Hall–Kier alpha value is -2.04. The summed E-state index contributed by atoms with van der Waals surface area (Å²) in [5.74, 6) is 1.25. The highest BCUT2D eigenvalue weighted by atomic mass is 16.3. The van der Waals surface area contributed by atoms with Gasteiger partial charge >= 0.3 is 0 Å². The van der Waals surface area contributed by atoms with E-state index in [0.717, 1.165) is 11.6 Å². The van der Waals surface area contributed by atoms with Crippen LogP contribution in [-0.2, 0) is 6.54 Å². The first kappa shape index (κ1) is 9.51. The minimum atomic E-state index is -0.188. The van der Waals surface area contributed by atoms with Gasteiger partial charge in [-0.3, -0.25) is 4.79 Å². The number of carbonyl (C=O) groups excluding carboxylic acids is 1. The minimum absolute atomic E-state index is 0.188. The van der Waals surface area contributed by atoms with Gasteiger partial charge < -0.3 is 14.7 Å². The number of aryl methyl sites for hydroxylation is 1. The van der Waals surface area contributed by atoms with Crippen LogP contribution in [0, 0.1) is 6.92 Å². The van der Waals surface area contributed by atoms with Gasteiger partial charge in [0.05, 0.1) is 19.0 Å². The quantitative estimate of drug-likeness (QED) is 0.791. The van der Waals surface area contributed by atoms with Gasteiger partial charge in [-0.15, -0.1) is 0 Å². The fraction of sp³-hybridized carbons (Fsp3) is 0.200. The van der Waals surface area contributed by atoms with Gasteiger partial charge in [0.25, 0.3) is 5.91 Å². The Labute approximate surface area is 86.5 Å². The zero-order valence-corrected chi connectivity index (χ0v) is 8.28. The fourth-order valence-electron chi connectivity index (χ4n) is 1.21. The first-order valence-electron chi connectivity index (χ1n) is 4.58. The van der Waals surface area contributed by atoms with Crippen molar-refractivity contribution in [3.63, 3.8) is 0 Å². The first-order valence-corrected chi connectivity index (χ1v) is 4.58. The van der Waals surface area contributed by atoms with Crippen LogP contribution in [0.2, 0.25) is 0 Å². The fourth-order valence-corrected chi connectivity index (χ4v) is 1.21. The number of rotatable bonds is 3. The maximum Gasteiger partial charge on any atom is 0.269 e. The molecule has 0 spiro atoms. The maximum absolute atomic E-state index is 11.5. The number of amides is 1. The molecule has 0 aliphatic carbocycles. The van der Waals surface area contributed by atoms with Crippen molar-refractivity contribution in [3.05, 3.63) is 41.9 Å². The molecule has 1 amide bonds. The Morgan fingerprint density at radius 2 is 2.53 bits per heavy atom. The van der Waals surface area contributed by atoms with E-state index in [-0.39, 0.29) is 5.91 Å². The van der Waals surface area contributed by atoms with Crippen LogP contribution in [0.4, 0.5) is 0 Å². The molecule has 0 saturated heterocycles. The molecule has 5 nitrogen and oxygen atoms in total. The van der Waals surface area contributed by atoms with Gasteiger partial charge in [-0.2, -0.15) is 0 Å². The molecule has 0 aromatic carbocycles. The molecule has 0 fully saturated rings. The van der Waals surface area contributed by atoms with Crippen molar-refractivity contribution < 1.29 is 9.21 Å². The summed E-state index contributed by atoms with van der Waals surface area (Å²) >= 11 is 0. The van der Waals surface area contributed by atoms with E-state index in [1.54, 1.807) is 25.3 Å². The minimum Gasteiger partial charge on any atom is -0.467 e. The summed E-state index contributed by atoms with van der Waals surface area (Å²) in [6.07, 6.45) is 3.08. The molecular weight excluding hydrogens is 194 g/mol. The number of hydrogen-bond acceptors (Lipinski definition) is 3. The molecule has 5 heteroatoms. The van der Waals surface area contributed by atoms with Crippen molar-refractivity contribution >= 4 is 5.91 Å². The third kappa shape index (κ3) is 2.25. The molecule has 0 radical (unpaired) electrons. The van der Waals surface area contributed by atoms with Crippen molar-refractivity contribution in [2.45, 2.75) is 13.5 Å². The smallest absolute Gasteiger partial charge is 0.269 e. The van der Waals surface area contributed by atoms with Crippen molar-refractivity contribution in [3.8, 4) is 0 Å². The van der Waals surface area contributed by atoms with Gasteiger partial charge in [0.15, 0.2) is 0 Å². The predicted molar refractivity (Wildman–Crippen MR) is 53.2 cm³/mol. The lowest BCUT2D eigenvalue weighted by atomic mass is 10.4. The van der Waals surface area contributed by atoms with E-state index in [1.165, 1.54) is 6.20 Å². The Balaban J connectivity index is 1.93. The molecular formula is C10H11N3O2. The van der Waals surface area contributed by atoms with Gasteiger partial charge in [-0.25, -0.2) is 4.98 Å². The third-order valence-corrected chi connectivity index (χ3v) is 1.95. The lowest BCUT2D eigenvalue weighted by Crippen LogP contribution is -2.22. The van der Waals surface area contributed by atoms with Gasteiger partial charge in [-0.1, -0.05) is 0 Å². The van der Waals surface area contributed by atoms with Crippen LogP contribution in [-0.4, -0.2) is 15.9 Å². The first-order chi connectivity index (χ1) is 7.25. The normalized spacial score (nSPS) is 10.2. The Morgan fingerprint density at radius 3 is 3.13 bits per heavy atom. The summed E-state index contributed by atoms with van der Waals surface area (Å²) in [6.45, 7) is 2.17. The largest absolute Gasteiger partial charge is 0.467 e. The molecule has 15 heavy (non-hydrogen) atoms. The van der Waals surface area contributed by atoms with Gasteiger partial charge in [-0.05, 0) is 19.1 Å². The van der Waals surface area contributed by atoms with Crippen molar-refractivity contribution in [1.82, 2.24) is 15.3 Å². The number of imidazole rings is 1. The summed E-state index contributed by atoms with van der Waals surface area (Å²) < 4.78 is 5.08. The number of furan rings is 1. The van der Waals surface area contributed by atoms with Gasteiger partial charge in [0.2, 0.25) is 0 Å². The summed E-state index contributed by atoms with van der Waals surface area (Å²) in [6, 6.07) is 3.58. The molecule has 2 aromatic rings. The van der Waals surface area contributed by atoms with E-state index < -0.39 is 0 Å².